The molecule has 0 saturated carbocycles. The highest BCUT2D eigenvalue weighted by Crippen LogP contribution is 2.44. The van der Waals surface area contributed by atoms with Crippen molar-refractivity contribution in [3.05, 3.63) is 81.9 Å². The summed E-state index contributed by atoms with van der Waals surface area (Å²) in [6, 6.07) is 15.7. The number of carbonyl (C=O) groups excluding carboxylic acids is 2. The SMILES string of the molecule is COC(=O)Cc1c(C)c(NC(=O)OCC2c3ccccc3-c3ccccc32)c(C)c([B-](F)(F)F)c1C. The Morgan fingerprint density at radius 2 is 1.44 bits per heavy atom. The Labute approximate surface area is 207 Å². The molecule has 1 N–H and O–H groups in total. The van der Waals surface area contributed by atoms with E-state index in [0.717, 1.165) is 22.3 Å². The van der Waals surface area contributed by atoms with E-state index in [2.05, 4.69) is 10.1 Å². The molecule has 9 heteroatoms. The van der Waals surface area contributed by atoms with Gasteiger partial charge in [-0.05, 0) is 54.2 Å². The number of esters is 1. The van der Waals surface area contributed by atoms with E-state index in [9.17, 15) is 22.5 Å². The fourth-order valence-corrected chi connectivity index (χ4v) is 5.19. The molecule has 0 saturated heterocycles. The second-order valence-electron chi connectivity index (χ2n) is 8.92. The summed E-state index contributed by atoms with van der Waals surface area (Å²) in [5.74, 6) is -0.856. The first-order valence-electron chi connectivity index (χ1n) is 11.6. The molecule has 0 spiro atoms. The number of hydrogen-bond acceptors (Lipinski definition) is 4. The summed E-state index contributed by atoms with van der Waals surface area (Å²) in [5.41, 5.74) is 3.74. The van der Waals surface area contributed by atoms with Gasteiger partial charge in [0, 0.05) is 11.6 Å². The van der Waals surface area contributed by atoms with E-state index in [0.29, 0.717) is 5.56 Å². The molecular formula is C27H26BF3NO4-. The lowest BCUT2D eigenvalue weighted by Crippen LogP contribution is -2.40. The van der Waals surface area contributed by atoms with E-state index in [4.69, 9.17) is 4.74 Å². The molecule has 188 valence electrons. The first-order valence-corrected chi connectivity index (χ1v) is 11.6. The van der Waals surface area contributed by atoms with E-state index >= 15 is 0 Å². The Kier molecular flexibility index (Phi) is 6.84. The molecule has 1 amide bonds. The Hall–Kier alpha value is -3.75. The Bertz CT molecular complexity index is 1310. The normalized spacial score (nSPS) is 12.6. The number of methoxy groups -OCH3 is 1. The van der Waals surface area contributed by atoms with Gasteiger partial charge in [0.25, 0.3) is 0 Å². The molecule has 1 aliphatic rings. The second-order valence-corrected chi connectivity index (χ2v) is 8.92. The van der Waals surface area contributed by atoms with Crippen molar-refractivity contribution in [1.29, 1.82) is 0 Å². The number of hydrogen-bond donors (Lipinski definition) is 1. The zero-order valence-electron chi connectivity index (χ0n) is 20.5. The first-order chi connectivity index (χ1) is 17.0. The molecule has 3 aromatic rings. The van der Waals surface area contributed by atoms with Crippen molar-refractivity contribution >= 4 is 30.2 Å². The molecule has 0 fully saturated rings. The van der Waals surface area contributed by atoms with Gasteiger partial charge < -0.3 is 22.4 Å². The molecule has 0 atom stereocenters. The fraction of sp³-hybridized carbons (Fsp3) is 0.259. The van der Waals surface area contributed by atoms with E-state index in [-0.39, 0.29) is 41.3 Å². The number of anilines is 1. The summed E-state index contributed by atoms with van der Waals surface area (Å²) in [5, 5.41) is 2.52. The van der Waals surface area contributed by atoms with Crippen LogP contribution >= 0.6 is 0 Å². The molecule has 0 aromatic heterocycles. The fourth-order valence-electron chi connectivity index (χ4n) is 5.19. The third-order valence-electron chi connectivity index (χ3n) is 6.91. The Morgan fingerprint density at radius 3 is 1.97 bits per heavy atom. The predicted octanol–water partition coefficient (Wildman–Crippen LogP) is 5.74. The van der Waals surface area contributed by atoms with Crippen LogP contribution in [0.3, 0.4) is 0 Å². The Morgan fingerprint density at radius 1 is 0.889 bits per heavy atom. The summed E-state index contributed by atoms with van der Waals surface area (Å²) in [4.78, 5) is 24.7. The van der Waals surface area contributed by atoms with Crippen LogP contribution in [0.15, 0.2) is 48.5 Å². The highest BCUT2D eigenvalue weighted by molar-refractivity contribution is 6.74. The number of nitrogens with one attached hydrogen (secondary N) is 1. The van der Waals surface area contributed by atoms with Crippen LogP contribution in [0.1, 0.15) is 39.3 Å². The Balaban J connectivity index is 1.62. The standard InChI is InChI=1S/C27H26BF3NO4/c1-15-22(13-24(33)35-4)16(2)26(17(3)25(15)28(29,30)31)32-27(34)36-14-23-20-11-7-5-9-18(20)19-10-6-8-12-21(19)23/h5-12,23H,13-14H2,1-4H3,(H,32,34)/q-1. The molecule has 3 aromatic carbocycles. The van der Waals surface area contributed by atoms with Gasteiger partial charge in [0.05, 0.1) is 13.5 Å². The number of carbonyl (C=O) groups is 2. The summed E-state index contributed by atoms with van der Waals surface area (Å²) in [7, 11) is 1.17. The minimum atomic E-state index is -5.40. The lowest BCUT2D eigenvalue weighted by Gasteiger charge is -2.28. The van der Waals surface area contributed by atoms with E-state index < -0.39 is 24.5 Å². The highest BCUT2D eigenvalue weighted by Gasteiger charge is 2.34. The molecule has 36 heavy (non-hydrogen) atoms. The molecule has 1 aliphatic carbocycles. The van der Waals surface area contributed by atoms with Crippen LogP contribution in [0.4, 0.5) is 23.4 Å². The molecule has 0 radical (unpaired) electrons. The maximum atomic E-state index is 14.0. The van der Waals surface area contributed by atoms with Crippen LogP contribution in [0.25, 0.3) is 11.1 Å². The van der Waals surface area contributed by atoms with E-state index in [1.807, 2.05) is 48.5 Å². The van der Waals surface area contributed by atoms with Crippen LogP contribution in [0, 0.1) is 20.8 Å². The zero-order valence-corrected chi connectivity index (χ0v) is 20.5. The van der Waals surface area contributed by atoms with Crippen molar-refractivity contribution in [2.75, 3.05) is 19.0 Å². The van der Waals surface area contributed by atoms with Crippen molar-refractivity contribution in [2.24, 2.45) is 0 Å². The van der Waals surface area contributed by atoms with Crippen molar-refractivity contribution in [2.45, 2.75) is 33.1 Å². The van der Waals surface area contributed by atoms with Gasteiger partial charge in [0.15, 0.2) is 0 Å². The topological polar surface area (TPSA) is 64.6 Å². The second kappa shape index (κ2) is 9.72. The van der Waals surface area contributed by atoms with Crippen molar-refractivity contribution < 1.29 is 32.0 Å². The number of amides is 1. The number of fused-ring (bicyclic) bond motifs is 3. The largest absolute Gasteiger partial charge is 0.510 e. The van der Waals surface area contributed by atoms with Crippen LogP contribution in [-0.2, 0) is 20.7 Å². The molecule has 0 bridgehead atoms. The number of benzene rings is 3. The predicted molar refractivity (Wildman–Crippen MR) is 134 cm³/mol. The van der Waals surface area contributed by atoms with Crippen molar-refractivity contribution in [1.82, 2.24) is 0 Å². The maximum Gasteiger partial charge on any atom is 0.510 e. The van der Waals surface area contributed by atoms with Crippen LogP contribution < -0.4 is 10.8 Å². The first kappa shape index (κ1) is 25.4. The lowest BCUT2D eigenvalue weighted by atomic mass is 9.71. The van der Waals surface area contributed by atoms with Gasteiger partial charge in [-0.15, -0.1) is 5.46 Å². The van der Waals surface area contributed by atoms with Crippen LogP contribution in [0.2, 0.25) is 0 Å². The molecule has 0 aliphatic heterocycles. The van der Waals surface area contributed by atoms with Gasteiger partial charge in [-0.2, -0.15) is 0 Å². The van der Waals surface area contributed by atoms with Gasteiger partial charge in [0.2, 0.25) is 0 Å². The molecule has 0 heterocycles. The summed E-state index contributed by atoms with van der Waals surface area (Å²) >= 11 is 0. The van der Waals surface area contributed by atoms with Crippen molar-refractivity contribution in [3.8, 4) is 11.1 Å². The molecule has 5 nitrogen and oxygen atoms in total. The lowest BCUT2D eigenvalue weighted by molar-refractivity contribution is -0.139. The number of ether oxygens (including phenoxy) is 2. The number of halogens is 3. The van der Waals surface area contributed by atoms with Crippen LogP contribution in [0.5, 0.6) is 0 Å². The zero-order chi connectivity index (χ0) is 26.2. The highest BCUT2D eigenvalue weighted by atomic mass is 19.4. The van der Waals surface area contributed by atoms with E-state index in [1.54, 1.807) is 6.92 Å². The average molecular weight is 496 g/mol. The third kappa shape index (κ3) is 4.57. The molecular weight excluding hydrogens is 470 g/mol. The average Bonchev–Trinajstić information content (AvgIpc) is 3.16. The van der Waals surface area contributed by atoms with E-state index in [1.165, 1.54) is 21.0 Å². The maximum absolute atomic E-state index is 14.0. The van der Waals surface area contributed by atoms with Gasteiger partial charge in [-0.1, -0.05) is 59.7 Å². The summed E-state index contributed by atoms with van der Waals surface area (Å²) in [6.45, 7) is -1.16. The molecule has 0 unspecified atom stereocenters. The van der Waals surface area contributed by atoms with Crippen LogP contribution in [-0.4, -0.2) is 32.8 Å². The number of rotatable bonds is 6. The minimum Gasteiger partial charge on any atom is -0.469 e. The van der Waals surface area contributed by atoms with Gasteiger partial charge in [0.1, 0.15) is 6.61 Å². The van der Waals surface area contributed by atoms with Gasteiger partial charge >= 0.3 is 19.0 Å². The third-order valence-corrected chi connectivity index (χ3v) is 6.91. The quantitative estimate of drug-likeness (QED) is 0.349. The van der Waals surface area contributed by atoms with Gasteiger partial charge in [-0.3, -0.25) is 10.1 Å². The smallest absolute Gasteiger partial charge is 0.469 e. The molecule has 4 rings (SSSR count). The monoisotopic (exact) mass is 496 g/mol. The summed E-state index contributed by atoms with van der Waals surface area (Å²) < 4.78 is 52.2. The van der Waals surface area contributed by atoms with Crippen molar-refractivity contribution in [3.63, 3.8) is 0 Å². The van der Waals surface area contributed by atoms with Gasteiger partial charge in [-0.25, -0.2) is 4.79 Å². The minimum absolute atomic E-state index is 0.00840. The summed E-state index contributed by atoms with van der Waals surface area (Å²) in [6.07, 6.45) is -1.20.